The molecule has 0 unspecified atom stereocenters. The monoisotopic (exact) mass is 750 g/mol. The highest BCUT2D eigenvalue weighted by atomic mass is 15.8. The second-order valence-corrected chi connectivity index (χ2v) is 15.5. The molecule has 0 aromatic heterocycles. The fourth-order valence-electron chi connectivity index (χ4n) is 8.53. The number of hydrogen-bond acceptors (Lipinski definition) is 6. The second-order valence-electron chi connectivity index (χ2n) is 15.5. The molecule has 9 aliphatic rings. The number of hydrazine groups is 4. The smallest absolute Gasteiger partial charge is 0.0789 e. The summed E-state index contributed by atoms with van der Waals surface area (Å²) in [5.41, 5.74) is 26.7. The van der Waals surface area contributed by atoms with Gasteiger partial charge >= 0.3 is 0 Å². The molecule has 0 fully saturated rings. The summed E-state index contributed by atoms with van der Waals surface area (Å²) in [6.45, 7) is 2.98. The molecule has 2 N–H and O–H groups in total. The molecule has 17 rings (SSSR count). The minimum absolute atomic E-state index is 0.745. The predicted octanol–water partition coefficient (Wildman–Crippen LogP) is 11.6. The Morgan fingerprint density at radius 2 is 0.483 bits per heavy atom. The summed E-state index contributed by atoms with van der Waals surface area (Å²) in [7, 11) is 0. The second kappa shape index (κ2) is 14.4. The van der Waals surface area contributed by atoms with Crippen LogP contribution in [0.5, 0.6) is 0 Å². The van der Waals surface area contributed by atoms with Crippen LogP contribution in [0.4, 0.5) is 22.7 Å². The van der Waals surface area contributed by atoms with Gasteiger partial charge in [-0.3, -0.25) is 20.0 Å². The maximum Gasteiger partial charge on any atom is 0.0789 e. The molecule has 0 saturated heterocycles. The van der Waals surface area contributed by atoms with Crippen molar-refractivity contribution in [3.05, 3.63) is 216 Å². The van der Waals surface area contributed by atoms with Gasteiger partial charge in [0.1, 0.15) is 0 Å². The molecule has 0 saturated carbocycles. The fraction of sp³-hybridized carbons (Fsp3) is 0.0769. The van der Waals surface area contributed by atoms with Gasteiger partial charge in [-0.1, -0.05) is 158 Å². The lowest BCUT2D eigenvalue weighted by Gasteiger charge is -2.23. The van der Waals surface area contributed by atoms with E-state index in [1.807, 2.05) is 0 Å². The number of anilines is 4. The molecule has 8 aromatic rings. The van der Waals surface area contributed by atoms with E-state index in [1.165, 1.54) is 89.5 Å². The summed E-state index contributed by atoms with van der Waals surface area (Å²) in [4.78, 5) is 0. The van der Waals surface area contributed by atoms with E-state index in [1.54, 1.807) is 0 Å². The van der Waals surface area contributed by atoms with E-state index < -0.39 is 0 Å². The summed E-state index contributed by atoms with van der Waals surface area (Å²) in [6.07, 6.45) is 0. The SMILES string of the molecule is c1cc2cc(c1)-c1ccc(cc1)CN1NN(Cc3ccc(cc3)-c3cccc(c3)-c3ccc(cc3)CN3NN(Cc4ccc-2cc4)c2ccccc23)c2ccccc21. The Balaban J connectivity index is 0.928. The van der Waals surface area contributed by atoms with E-state index in [0.29, 0.717) is 0 Å². The molecule has 0 aliphatic carbocycles. The Morgan fingerprint density at radius 1 is 0.241 bits per heavy atom. The third-order valence-corrected chi connectivity index (χ3v) is 11.6. The van der Waals surface area contributed by atoms with Crippen molar-refractivity contribution in [2.75, 3.05) is 20.0 Å². The molecule has 0 spiro atoms. The average molecular weight is 751 g/mol. The Bertz CT molecular complexity index is 2370. The third-order valence-electron chi connectivity index (χ3n) is 11.6. The molecular weight excluding hydrogens is 709 g/mol. The molecule has 8 aromatic carbocycles. The van der Waals surface area contributed by atoms with Crippen molar-refractivity contribution in [2.24, 2.45) is 0 Å². The van der Waals surface area contributed by atoms with Gasteiger partial charge in [-0.2, -0.15) is 0 Å². The lowest BCUT2D eigenvalue weighted by molar-refractivity contribution is 0.608. The number of nitrogens with one attached hydrogen (secondary N) is 2. The molecule has 58 heavy (non-hydrogen) atoms. The Hall–Kier alpha value is -7.12. The zero-order valence-electron chi connectivity index (χ0n) is 32.1. The first kappa shape index (κ1) is 34.2. The van der Waals surface area contributed by atoms with Crippen molar-refractivity contribution in [3.63, 3.8) is 0 Å². The first-order chi connectivity index (χ1) is 28.7. The molecule has 280 valence electrons. The summed E-state index contributed by atoms with van der Waals surface area (Å²) < 4.78 is 0. The normalized spacial score (nSPS) is 14.3. The van der Waals surface area contributed by atoms with Crippen molar-refractivity contribution >= 4 is 22.7 Å². The Labute approximate surface area is 339 Å². The standard InChI is InChI=1S/C52H42N6/c1-2-12-50-49(11-1)55-33-37-15-23-41(24-16-37)45-7-5-9-47(31-45)43-27-19-39(20-28-43)35-57-51-13-3-4-14-52(51)58(54-57)36-40-21-29-44(30-22-40)48-10-6-8-46(32-48)42-25-17-38(18-26-42)34-56(50)53-55/h1-32,53-54H,33-36H2. The maximum absolute atomic E-state index is 3.69. The molecular formula is C52H42N6. The van der Waals surface area contributed by atoms with Gasteiger partial charge in [0.15, 0.2) is 0 Å². The fourth-order valence-corrected chi connectivity index (χ4v) is 8.53. The molecule has 0 radical (unpaired) electrons. The summed E-state index contributed by atoms with van der Waals surface area (Å²) >= 11 is 0. The van der Waals surface area contributed by atoms with Crippen LogP contribution < -0.4 is 31.1 Å². The molecule has 6 heteroatoms. The van der Waals surface area contributed by atoms with E-state index in [-0.39, 0.29) is 0 Å². The zero-order chi connectivity index (χ0) is 38.4. The van der Waals surface area contributed by atoms with Gasteiger partial charge in [0.2, 0.25) is 0 Å². The van der Waals surface area contributed by atoms with Crippen LogP contribution in [0.25, 0.3) is 44.5 Å². The van der Waals surface area contributed by atoms with Crippen molar-refractivity contribution in [3.8, 4) is 44.5 Å². The molecule has 0 atom stereocenters. The van der Waals surface area contributed by atoms with Crippen molar-refractivity contribution in [1.29, 1.82) is 0 Å². The van der Waals surface area contributed by atoms with E-state index in [2.05, 4.69) is 225 Å². The number of para-hydroxylation sites is 4. The molecule has 6 nitrogen and oxygen atoms in total. The first-order valence-electron chi connectivity index (χ1n) is 20.1. The highest BCUT2D eigenvalue weighted by Gasteiger charge is 2.27. The van der Waals surface area contributed by atoms with Crippen LogP contribution in [0.15, 0.2) is 194 Å². The van der Waals surface area contributed by atoms with Gasteiger partial charge < -0.3 is 0 Å². The summed E-state index contributed by atoms with van der Waals surface area (Å²) in [6, 6.07) is 71.0. The summed E-state index contributed by atoms with van der Waals surface area (Å²) in [5.74, 6) is 0. The largest absolute Gasteiger partial charge is 0.284 e. The number of rotatable bonds is 0. The van der Waals surface area contributed by atoms with E-state index in [0.717, 1.165) is 26.2 Å². The van der Waals surface area contributed by atoms with E-state index >= 15 is 0 Å². The number of benzene rings is 8. The molecule has 0 amide bonds. The highest BCUT2D eigenvalue weighted by Crippen LogP contribution is 2.37. The van der Waals surface area contributed by atoms with Crippen LogP contribution in [-0.4, -0.2) is 0 Å². The molecule has 9 aliphatic heterocycles. The van der Waals surface area contributed by atoms with Gasteiger partial charge in [-0.25, -0.2) is 0 Å². The van der Waals surface area contributed by atoms with Gasteiger partial charge in [-0.05, 0) is 103 Å². The maximum atomic E-state index is 3.69. The van der Waals surface area contributed by atoms with Crippen LogP contribution in [0.3, 0.4) is 0 Å². The van der Waals surface area contributed by atoms with Gasteiger partial charge in [0.05, 0.1) is 48.9 Å². The van der Waals surface area contributed by atoms with Crippen molar-refractivity contribution < 1.29 is 0 Å². The number of fused-ring (bicyclic) bond motifs is 2. The molecule has 9 heterocycles. The van der Waals surface area contributed by atoms with Crippen LogP contribution in [0.1, 0.15) is 22.3 Å². The Morgan fingerprint density at radius 3 is 0.724 bits per heavy atom. The van der Waals surface area contributed by atoms with Gasteiger partial charge in [0.25, 0.3) is 0 Å². The quantitative estimate of drug-likeness (QED) is 0.161. The first-order valence-corrected chi connectivity index (χ1v) is 20.1. The summed E-state index contributed by atoms with van der Waals surface area (Å²) in [5, 5.41) is 8.99. The molecule has 16 bridgehead atoms. The van der Waals surface area contributed by atoms with E-state index in [9.17, 15) is 0 Å². The Kier molecular flexibility index (Phi) is 8.50. The van der Waals surface area contributed by atoms with Gasteiger partial charge in [0, 0.05) is 0 Å². The van der Waals surface area contributed by atoms with Gasteiger partial charge in [-0.15, -0.1) is 11.1 Å². The minimum atomic E-state index is 0.745. The minimum Gasteiger partial charge on any atom is -0.284 e. The topological polar surface area (TPSA) is 37.0 Å². The zero-order valence-corrected chi connectivity index (χ0v) is 32.1. The lowest BCUT2D eigenvalue weighted by Crippen LogP contribution is -2.43. The predicted molar refractivity (Wildman–Crippen MR) is 239 cm³/mol. The van der Waals surface area contributed by atoms with Crippen LogP contribution in [0, 0.1) is 0 Å². The van der Waals surface area contributed by atoms with E-state index in [4.69, 9.17) is 0 Å². The third kappa shape index (κ3) is 6.54. The highest BCUT2D eigenvalue weighted by molar-refractivity contribution is 5.78. The van der Waals surface area contributed by atoms with Crippen LogP contribution >= 0.6 is 0 Å². The van der Waals surface area contributed by atoms with Crippen molar-refractivity contribution in [2.45, 2.75) is 26.2 Å². The number of nitrogens with zero attached hydrogens (tertiary/aromatic N) is 4. The van der Waals surface area contributed by atoms with Crippen LogP contribution in [-0.2, 0) is 26.2 Å². The average Bonchev–Trinajstić information content (AvgIpc) is 3.81. The lowest BCUT2D eigenvalue weighted by atomic mass is 9.97. The number of hydrogen-bond donors (Lipinski definition) is 2. The van der Waals surface area contributed by atoms with Crippen LogP contribution in [0.2, 0.25) is 0 Å². The van der Waals surface area contributed by atoms with Crippen molar-refractivity contribution in [1.82, 2.24) is 11.1 Å².